The van der Waals surface area contributed by atoms with Crippen molar-refractivity contribution in [2.75, 3.05) is 6.61 Å². The van der Waals surface area contributed by atoms with Crippen LogP contribution in [-0.4, -0.2) is 16.8 Å². The molecule has 1 rings (SSSR count). The van der Waals surface area contributed by atoms with Crippen molar-refractivity contribution in [3.63, 3.8) is 0 Å². The number of hydrogen-bond acceptors (Lipinski definition) is 2. The summed E-state index contributed by atoms with van der Waals surface area (Å²) in [6.07, 6.45) is 18.2. The van der Waals surface area contributed by atoms with Crippen LogP contribution in [0.4, 0.5) is 0 Å². The van der Waals surface area contributed by atoms with Gasteiger partial charge in [-0.25, -0.2) is 0 Å². The first kappa shape index (κ1) is 50.3. The number of hydrogen-bond donors (Lipinski definition) is 2. The van der Waals surface area contributed by atoms with E-state index in [1.54, 1.807) is 0 Å². The molecule has 1 aromatic carbocycles. The maximum atomic E-state index is 11.0. The van der Waals surface area contributed by atoms with Crippen molar-refractivity contribution in [3.05, 3.63) is 52.6 Å². The van der Waals surface area contributed by atoms with Crippen LogP contribution in [-0.2, 0) is 12.8 Å². The van der Waals surface area contributed by atoms with E-state index in [0.29, 0.717) is 12.2 Å². The van der Waals surface area contributed by atoms with Gasteiger partial charge in [0.05, 0.1) is 6.61 Å². The molecule has 0 aliphatic rings. The molecule has 1 aromatic rings. The van der Waals surface area contributed by atoms with Crippen LogP contribution in [0.25, 0.3) is 0 Å². The van der Waals surface area contributed by atoms with E-state index >= 15 is 0 Å². The summed E-state index contributed by atoms with van der Waals surface area (Å²) in [6.45, 7) is 37.2. The molecule has 0 fully saturated rings. The molecule has 2 heteroatoms. The molecule has 2 N–H and O–H groups in total. The first-order valence-corrected chi connectivity index (χ1v) is 19.0. The Balaban J connectivity index is -0.000000604. The van der Waals surface area contributed by atoms with Crippen LogP contribution in [0.2, 0.25) is 0 Å². The molecule has 0 atom stereocenters. The average Bonchev–Trinajstić information content (AvgIpc) is 3.01. The van der Waals surface area contributed by atoms with Crippen LogP contribution < -0.4 is 0 Å². The van der Waals surface area contributed by atoms with Gasteiger partial charge in [-0.15, -0.1) is 0 Å². The predicted molar refractivity (Wildman–Crippen MR) is 209 cm³/mol. The minimum Gasteiger partial charge on any atom is -0.507 e. The Morgan fingerprint density at radius 3 is 1.60 bits per heavy atom. The zero-order valence-corrected chi connectivity index (χ0v) is 34.0. The van der Waals surface area contributed by atoms with E-state index in [4.69, 9.17) is 0 Å². The topological polar surface area (TPSA) is 40.5 Å². The van der Waals surface area contributed by atoms with Crippen LogP contribution in [0.3, 0.4) is 0 Å². The third-order valence-electron chi connectivity index (χ3n) is 8.79. The van der Waals surface area contributed by atoms with E-state index < -0.39 is 0 Å². The lowest BCUT2D eigenvalue weighted by Crippen LogP contribution is -2.30. The van der Waals surface area contributed by atoms with Gasteiger partial charge in [0, 0.05) is 0 Å². The third kappa shape index (κ3) is 23.4. The molecular formula is C43H84O2. The number of para-hydroxylation sites is 1. The SMILES string of the molecule is CC.CC.CCC.CCCCC.CCCCCC(=C/C(C)(C)C(C)(C)CC)/C=C(\CO)Cc1cccc(CC(C)(C)CC)c1O. The Kier molecular flexibility index (Phi) is 33.4. The van der Waals surface area contributed by atoms with Gasteiger partial charge in [0.1, 0.15) is 5.75 Å². The first-order chi connectivity index (χ1) is 21.1. The molecule has 0 spiro atoms. The molecule has 2 nitrogen and oxygen atoms in total. The maximum Gasteiger partial charge on any atom is 0.122 e. The van der Waals surface area contributed by atoms with E-state index in [0.717, 1.165) is 48.8 Å². The second-order valence-corrected chi connectivity index (χ2v) is 14.0. The largest absolute Gasteiger partial charge is 0.507 e. The number of unbranched alkanes of at least 4 members (excludes halogenated alkanes) is 4. The molecule has 0 aromatic heterocycles. The van der Waals surface area contributed by atoms with E-state index in [1.165, 1.54) is 44.1 Å². The lowest BCUT2D eigenvalue weighted by atomic mass is 9.65. The van der Waals surface area contributed by atoms with Crippen LogP contribution in [0.1, 0.15) is 193 Å². The summed E-state index contributed by atoms with van der Waals surface area (Å²) in [7, 11) is 0. The van der Waals surface area contributed by atoms with Gasteiger partial charge in [0.25, 0.3) is 0 Å². The fraction of sp³-hybridized carbons (Fsp3) is 0.767. The summed E-state index contributed by atoms with van der Waals surface area (Å²) in [5.74, 6) is 0.391. The number of allylic oxidation sites excluding steroid dienone is 3. The quantitative estimate of drug-likeness (QED) is 0.141. The van der Waals surface area contributed by atoms with Crippen molar-refractivity contribution in [2.45, 2.75) is 195 Å². The van der Waals surface area contributed by atoms with Crippen molar-refractivity contribution in [2.24, 2.45) is 16.2 Å². The van der Waals surface area contributed by atoms with E-state index in [1.807, 2.05) is 45.9 Å². The standard InChI is InChI=1S/C31H52O2.C5H12.C3H8.2C2H6/c1-10-13-14-16-24(21-31(8,9)30(6,7)12-3)19-25(23-32)20-26-17-15-18-27(28(26)33)22-29(4,5)11-2;1-3-5-4-2;1-3-2;2*1-2/h15,17-19,21,32-33H,10-14,16,20,22-23H2,1-9H3;3-5H2,1-2H3;3H2,1-2H3;2*1-2H3/b24-21-,25-19-;;;;. The average molecular weight is 633 g/mol. The van der Waals surface area contributed by atoms with Gasteiger partial charge in [-0.1, -0.05) is 205 Å². The molecule has 0 saturated carbocycles. The van der Waals surface area contributed by atoms with E-state index in [-0.39, 0.29) is 22.9 Å². The van der Waals surface area contributed by atoms with Gasteiger partial charge >= 0.3 is 0 Å². The molecule has 0 saturated heterocycles. The number of aliphatic hydroxyl groups excluding tert-OH is 1. The lowest BCUT2D eigenvalue weighted by Gasteiger charge is -2.39. The number of phenolic OH excluding ortho intramolecular Hbond substituents is 1. The Morgan fingerprint density at radius 1 is 0.711 bits per heavy atom. The molecule has 0 aliphatic heterocycles. The smallest absolute Gasteiger partial charge is 0.122 e. The van der Waals surface area contributed by atoms with Crippen LogP contribution in [0.15, 0.2) is 41.5 Å². The Labute approximate surface area is 285 Å². The summed E-state index contributed by atoms with van der Waals surface area (Å²) in [5, 5.41) is 21.2. The van der Waals surface area contributed by atoms with Crippen molar-refractivity contribution in [1.29, 1.82) is 0 Å². The summed E-state index contributed by atoms with van der Waals surface area (Å²) in [6, 6.07) is 6.06. The summed E-state index contributed by atoms with van der Waals surface area (Å²) in [5.41, 5.74) is 4.57. The van der Waals surface area contributed by atoms with Gasteiger partial charge in [0.15, 0.2) is 0 Å². The van der Waals surface area contributed by atoms with Crippen molar-refractivity contribution >= 4 is 0 Å². The normalized spacial score (nSPS) is 12.0. The predicted octanol–water partition coefficient (Wildman–Crippen LogP) is 14.5. The molecule has 0 unspecified atom stereocenters. The highest BCUT2D eigenvalue weighted by molar-refractivity contribution is 5.43. The van der Waals surface area contributed by atoms with Gasteiger partial charge in [-0.05, 0) is 58.6 Å². The molecular weight excluding hydrogens is 548 g/mol. The fourth-order valence-electron chi connectivity index (χ4n) is 4.46. The van der Waals surface area contributed by atoms with E-state index in [9.17, 15) is 10.2 Å². The van der Waals surface area contributed by atoms with Gasteiger partial charge < -0.3 is 10.2 Å². The summed E-state index contributed by atoms with van der Waals surface area (Å²) < 4.78 is 0. The Hall–Kier alpha value is -1.54. The van der Waals surface area contributed by atoms with Gasteiger partial charge in [-0.2, -0.15) is 0 Å². The van der Waals surface area contributed by atoms with Crippen molar-refractivity contribution < 1.29 is 10.2 Å². The molecule has 0 bridgehead atoms. The highest BCUT2D eigenvalue weighted by Crippen LogP contribution is 2.43. The zero-order valence-electron chi connectivity index (χ0n) is 34.0. The lowest BCUT2D eigenvalue weighted by molar-refractivity contribution is 0.158. The molecule has 0 aliphatic carbocycles. The third-order valence-corrected chi connectivity index (χ3v) is 8.79. The second-order valence-electron chi connectivity index (χ2n) is 14.0. The summed E-state index contributed by atoms with van der Waals surface area (Å²) >= 11 is 0. The van der Waals surface area contributed by atoms with Gasteiger partial charge in [0.2, 0.25) is 0 Å². The number of rotatable bonds is 16. The van der Waals surface area contributed by atoms with Crippen molar-refractivity contribution in [1.82, 2.24) is 0 Å². The van der Waals surface area contributed by atoms with Gasteiger partial charge in [-0.3, -0.25) is 0 Å². The second kappa shape index (κ2) is 29.8. The number of benzene rings is 1. The molecule has 268 valence electrons. The van der Waals surface area contributed by atoms with Crippen LogP contribution in [0, 0.1) is 16.2 Å². The minimum atomic E-state index is 0.00678. The molecule has 45 heavy (non-hydrogen) atoms. The first-order valence-electron chi connectivity index (χ1n) is 19.0. The number of aliphatic hydroxyl groups is 1. The zero-order chi connectivity index (χ0) is 36.1. The van der Waals surface area contributed by atoms with Crippen LogP contribution in [0.5, 0.6) is 5.75 Å². The molecule has 0 radical (unpaired) electrons. The monoisotopic (exact) mass is 633 g/mol. The maximum absolute atomic E-state index is 11.0. The van der Waals surface area contributed by atoms with E-state index in [2.05, 4.69) is 102 Å². The summed E-state index contributed by atoms with van der Waals surface area (Å²) in [4.78, 5) is 0. The molecule has 0 heterocycles. The number of phenols is 1. The number of aromatic hydroxyl groups is 1. The highest BCUT2D eigenvalue weighted by Gasteiger charge is 2.33. The fourth-order valence-corrected chi connectivity index (χ4v) is 4.46. The van der Waals surface area contributed by atoms with Crippen LogP contribution >= 0.6 is 0 Å². The Morgan fingerprint density at radius 2 is 1.20 bits per heavy atom. The Bertz CT molecular complexity index is 853. The molecule has 0 amide bonds. The van der Waals surface area contributed by atoms with Crippen molar-refractivity contribution in [3.8, 4) is 5.75 Å². The minimum absolute atomic E-state index is 0.00678. The highest BCUT2D eigenvalue weighted by atomic mass is 16.3.